The van der Waals surface area contributed by atoms with Gasteiger partial charge in [0.05, 0.1) is 11.4 Å². The first-order valence-electron chi connectivity index (χ1n) is 12.1. The molecule has 2 aliphatic rings. The minimum Gasteiger partial charge on any atom is -0.454 e. The summed E-state index contributed by atoms with van der Waals surface area (Å²) in [5.41, 5.74) is 7.77. The number of nitrogens with zero attached hydrogens (tertiary/aromatic N) is 2. The second-order valence-electron chi connectivity index (χ2n) is 9.22. The lowest BCUT2D eigenvalue weighted by Gasteiger charge is -2.24. The van der Waals surface area contributed by atoms with Crippen LogP contribution in [0.5, 0.6) is 11.5 Å². The lowest BCUT2D eigenvalue weighted by atomic mass is 9.99. The summed E-state index contributed by atoms with van der Waals surface area (Å²) in [4.78, 5) is 44.6. The van der Waals surface area contributed by atoms with E-state index in [1.165, 1.54) is 11.0 Å². The van der Waals surface area contributed by atoms with Gasteiger partial charge in [0.2, 0.25) is 24.8 Å². The molecule has 0 spiro atoms. The zero-order valence-corrected chi connectivity index (χ0v) is 20.8. The number of primary amides is 1. The van der Waals surface area contributed by atoms with E-state index in [0.717, 1.165) is 12.1 Å². The summed E-state index contributed by atoms with van der Waals surface area (Å²) >= 11 is 0. The van der Waals surface area contributed by atoms with Gasteiger partial charge in [0.25, 0.3) is 5.91 Å². The Labute approximate surface area is 222 Å². The van der Waals surface area contributed by atoms with E-state index in [-0.39, 0.29) is 13.2 Å². The van der Waals surface area contributed by atoms with Gasteiger partial charge in [-0.2, -0.15) is 0 Å². The minimum absolute atomic E-state index is 0.0707. The van der Waals surface area contributed by atoms with Gasteiger partial charge in [0.15, 0.2) is 23.1 Å². The number of rotatable bonds is 7. The van der Waals surface area contributed by atoms with Crippen molar-refractivity contribution >= 4 is 29.1 Å². The Bertz CT molecular complexity index is 1510. The van der Waals surface area contributed by atoms with E-state index in [4.69, 9.17) is 15.2 Å². The number of nitrogens with two attached hydrogens (primary N) is 1. The zero-order chi connectivity index (χ0) is 27.7. The molecule has 2 atom stereocenters. The number of hydrogen-bond acceptors (Lipinski definition) is 6. The highest BCUT2D eigenvalue weighted by molar-refractivity contribution is 6.21. The van der Waals surface area contributed by atoms with Crippen LogP contribution in [-0.2, 0) is 20.8 Å². The molecule has 0 saturated heterocycles. The number of aliphatic imine (C=N–C) groups is 1. The lowest BCUT2D eigenvalue weighted by Crippen LogP contribution is -2.50. The van der Waals surface area contributed by atoms with Gasteiger partial charge in [-0.3, -0.25) is 19.3 Å². The van der Waals surface area contributed by atoms with Crippen molar-refractivity contribution in [3.05, 3.63) is 89.0 Å². The van der Waals surface area contributed by atoms with Crippen LogP contribution in [-0.4, -0.2) is 42.9 Å². The Morgan fingerprint density at radius 2 is 1.85 bits per heavy atom. The number of anilines is 1. The van der Waals surface area contributed by atoms with E-state index in [2.05, 4.69) is 10.3 Å². The summed E-state index contributed by atoms with van der Waals surface area (Å²) in [7, 11) is 0. The molecule has 3 aromatic rings. The summed E-state index contributed by atoms with van der Waals surface area (Å²) in [6.07, 6.45) is -1.31. The van der Waals surface area contributed by atoms with Crippen molar-refractivity contribution in [2.24, 2.45) is 16.6 Å². The Hall–Kier alpha value is -4.80. The maximum absolute atomic E-state index is 13.7. The van der Waals surface area contributed by atoms with Crippen molar-refractivity contribution in [3.63, 3.8) is 0 Å². The average molecular weight is 535 g/mol. The lowest BCUT2D eigenvalue weighted by molar-refractivity contribution is -0.129. The van der Waals surface area contributed by atoms with E-state index in [0.29, 0.717) is 39.6 Å². The number of hydrogen-bond donors (Lipinski definition) is 2. The topological polar surface area (TPSA) is 123 Å². The number of benzodiazepines with no additional fused rings is 1. The molecule has 3 amide bonds. The molecule has 0 aliphatic carbocycles. The normalized spacial score (nSPS) is 16.7. The van der Waals surface area contributed by atoms with Gasteiger partial charge in [0, 0.05) is 17.0 Å². The van der Waals surface area contributed by atoms with Crippen LogP contribution in [0.25, 0.3) is 0 Å². The molecule has 2 aliphatic heterocycles. The van der Waals surface area contributed by atoms with Crippen LogP contribution < -0.4 is 25.4 Å². The van der Waals surface area contributed by atoms with Crippen LogP contribution in [0.1, 0.15) is 23.6 Å². The van der Waals surface area contributed by atoms with Crippen molar-refractivity contribution in [3.8, 4) is 11.5 Å². The number of benzene rings is 3. The molecule has 9 nitrogen and oxygen atoms in total. The van der Waals surface area contributed by atoms with Gasteiger partial charge >= 0.3 is 0 Å². The van der Waals surface area contributed by atoms with Crippen LogP contribution in [0.4, 0.5) is 14.5 Å². The molecule has 11 heteroatoms. The van der Waals surface area contributed by atoms with E-state index < -0.39 is 48.0 Å². The molecule has 0 saturated carbocycles. The highest BCUT2D eigenvalue weighted by atomic mass is 19.2. The number of amides is 3. The molecule has 0 aromatic heterocycles. The summed E-state index contributed by atoms with van der Waals surface area (Å²) in [6, 6.07) is 15.5. The third-order valence-corrected chi connectivity index (χ3v) is 6.42. The third kappa shape index (κ3) is 5.28. The summed E-state index contributed by atoms with van der Waals surface area (Å²) in [5.74, 6) is -3.62. The standard InChI is InChI=1S/C28H24F2N4O5/c1-15(10-16-6-8-19(29)20(30)11-16)27(36)33-26-28(37)34(13-24(31)35)21-5-3-2-4-18(21)25(32-26)17-7-9-22-23(12-17)39-14-38-22/h2-9,11-12,15,26H,10,13-14H2,1H3,(H2,31,35)(H,33,36)/t15-,26?/m1/s1. The predicted octanol–water partition coefficient (Wildman–Crippen LogP) is 2.68. The fourth-order valence-electron chi connectivity index (χ4n) is 4.51. The second kappa shape index (κ2) is 10.5. The van der Waals surface area contributed by atoms with Crippen molar-refractivity contribution in [2.45, 2.75) is 19.5 Å². The molecular weight excluding hydrogens is 510 g/mol. The first-order chi connectivity index (χ1) is 18.7. The average Bonchev–Trinajstić information content (AvgIpc) is 3.35. The Balaban J connectivity index is 1.51. The second-order valence-corrected chi connectivity index (χ2v) is 9.22. The number of carbonyl (C=O) groups is 3. The van der Waals surface area contributed by atoms with Crippen molar-refractivity contribution in [1.29, 1.82) is 0 Å². The fraction of sp³-hybridized carbons (Fsp3) is 0.214. The van der Waals surface area contributed by atoms with Crippen molar-refractivity contribution in [2.75, 3.05) is 18.2 Å². The van der Waals surface area contributed by atoms with Crippen LogP contribution in [0, 0.1) is 17.6 Å². The Kier molecular flexibility index (Phi) is 6.97. The predicted molar refractivity (Wildman–Crippen MR) is 137 cm³/mol. The largest absolute Gasteiger partial charge is 0.454 e. The summed E-state index contributed by atoms with van der Waals surface area (Å²) in [6.45, 7) is 1.23. The number of fused-ring (bicyclic) bond motifs is 2. The number of nitrogens with one attached hydrogen (secondary N) is 1. The molecule has 0 fully saturated rings. The highest BCUT2D eigenvalue weighted by Crippen LogP contribution is 2.35. The summed E-state index contributed by atoms with van der Waals surface area (Å²) < 4.78 is 37.9. The molecule has 5 rings (SSSR count). The molecule has 1 unspecified atom stereocenters. The van der Waals surface area contributed by atoms with Crippen LogP contribution in [0.3, 0.4) is 0 Å². The van der Waals surface area contributed by atoms with Crippen molar-refractivity contribution < 1.29 is 32.6 Å². The van der Waals surface area contributed by atoms with Gasteiger partial charge in [-0.25, -0.2) is 13.8 Å². The minimum atomic E-state index is -1.41. The molecule has 0 radical (unpaired) electrons. The van der Waals surface area contributed by atoms with E-state index in [1.54, 1.807) is 49.4 Å². The smallest absolute Gasteiger partial charge is 0.272 e. The molecule has 2 heterocycles. The van der Waals surface area contributed by atoms with E-state index in [1.807, 2.05) is 0 Å². The maximum atomic E-state index is 13.7. The van der Waals surface area contributed by atoms with Crippen LogP contribution in [0.2, 0.25) is 0 Å². The van der Waals surface area contributed by atoms with Gasteiger partial charge in [0.1, 0.15) is 6.54 Å². The number of carbonyl (C=O) groups excluding carboxylic acids is 3. The molecular formula is C28H24F2N4O5. The Morgan fingerprint density at radius 3 is 2.62 bits per heavy atom. The Morgan fingerprint density at radius 1 is 1.08 bits per heavy atom. The SMILES string of the molecule is C[C@H](Cc1ccc(F)c(F)c1)C(=O)NC1N=C(c2ccc3c(c2)OCO3)c2ccccc2N(CC(N)=O)C1=O. The number of para-hydroxylation sites is 1. The van der Waals surface area contributed by atoms with Gasteiger partial charge in [-0.05, 0) is 48.4 Å². The summed E-state index contributed by atoms with van der Waals surface area (Å²) in [5, 5.41) is 2.65. The molecule has 200 valence electrons. The van der Waals surface area contributed by atoms with E-state index in [9.17, 15) is 23.2 Å². The van der Waals surface area contributed by atoms with Gasteiger partial charge < -0.3 is 20.5 Å². The van der Waals surface area contributed by atoms with Gasteiger partial charge in [-0.1, -0.05) is 31.2 Å². The maximum Gasteiger partial charge on any atom is 0.272 e. The van der Waals surface area contributed by atoms with Crippen LogP contribution in [0.15, 0.2) is 65.7 Å². The zero-order valence-electron chi connectivity index (χ0n) is 20.8. The van der Waals surface area contributed by atoms with Gasteiger partial charge in [-0.15, -0.1) is 0 Å². The van der Waals surface area contributed by atoms with Crippen LogP contribution >= 0.6 is 0 Å². The first kappa shape index (κ1) is 25.8. The molecule has 3 N–H and O–H groups in total. The quantitative estimate of drug-likeness (QED) is 0.483. The van der Waals surface area contributed by atoms with E-state index >= 15 is 0 Å². The monoisotopic (exact) mass is 534 g/mol. The number of halogens is 2. The molecule has 0 bridgehead atoms. The molecule has 39 heavy (non-hydrogen) atoms. The van der Waals surface area contributed by atoms with Crippen molar-refractivity contribution in [1.82, 2.24) is 5.32 Å². The fourth-order valence-corrected chi connectivity index (χ4v) is 4.51. The number of ether oxygens (including phenoxy) is 2. The third-order valence-electron chi connectivity index (χ3n) is 6.42. The first-order valence-corrected chi connectivity index (χ1v) is 12.1. The highest BCUT2D eigenvalue weighted by Gasteiger charge is 2.34. The molecule has 3 aromatic carbocycles.